The highest BCUT2D eigenvalue weighted by Gasteiger charge is 1.91. The second-order valence-electron chi connectivity index (χ2n) is 3.98. The van der Waals surface area contributed by atoms with Crippen LogP contribution in [0.1, 0.15) is 45.4 Å². The highest BCUT2D eigenvalue weighted by atomic mass is 16.6. The Bertz CT molecular complexity index is 110. The van der Waals surface area contributed by atoms with Gasteiger partial charge in [-0.1, -0.05) is 26.2 Å². The molecule has 0 heterocycles. The number of hydroxylamine groups is 1. The van der Waals surface area contributed by atoms with Crippen molar-refractivity contribution in [2.24, 2.45) is 0 Å². The molecule has 0 aliphatic carbocycles. The van der Waals surface area contributed by atoms with Gasteiger partial charge in [0.2, 0.25) is 0 Å². The number of rotatable bonds is 13. The summed E-state index contributed by atoms with van der Waals surface area (Å²) in [6, 6.07) is 0. The first-order valence-corrected chi connectivity index (χ1v) is 6.58. The first-order chi connectivity index (χ1) is 7.91. The fraction of sp³-hybridized carbons (Fsp3) is 1.00. The molecular weight excluding hydrogens is 204 g/mol. The average molecular weight is 232 g/mol. The van der Waals surface area contributed by atoms with E-state index in [9.17, 15) is 0 Å². The van der Waals surface area contributed by atoms with Crippen molar-refractivity contribution in [1.29, 1.82) is 0 Å². The first kappa shape index (κ1) is 15.8. The molecule has 0 rings (SSSR count). The molecule has 0 fully saturated rings. The lowest BCUT2D eigenvalue weighted by atomic mass is 10.2. The molecule has 0 aliphatic rings. The van der Waals surface area contributed by atoms with Crippen molar-refractivity contribution < 1.29 is 9.94 Å². The molecule has 0 unspecified atom stereocenters. The fourth-order valence-electron chi connectivity index (χ4n) is 1.42. The van der Waals surface area contributed by atoms with Crippen molar-refractivity contribution in [3.05, 3.63) is 0 Å². The summed E-state index contributed by atoms with van der Waals surface area (Å²) in [5, 5.41) is 11.9. The van der Waals surface area contributed by atoms with E-state index < -0.39 is 0 Å². The van der Waals surface area contributed by atoms with Gasteiger partial charge in [-0.15, -0.1) is 0 Å². The second-order valence-corrected chi connectivity index (χ2v) is 3.98. The quantitative estimate of drug-likeness (QED) is 0.332. The summed E-state index contributed by atoms with van der Waals surface area (Å²) in [5.74, 6) is 0. The number of nitrogens with one attached hydrogen (secondary N) is 2. The molecule has 0 aromatic carbocycles. The summed E-state index contributed by atoms with van der Waals surface area (Å²) in [4.78, 5) is 4.94. The lowest BCUT2D eigenvalue weighted by Gasteiger charge is -2.05. The van der Waals surface area contributed by atoms with E-state index in [1.54, 1.807) is 0 Å². The lowest BCUT2D eigenvalue weighted by molar-refractivity contribution is 0.0170. The van der Waals surface area contributed by atoms with E-state index in [1.165, 1.54) is 32.1 Å². The molecule has 0 aliphatic heterocycles. The second kappa shape index (κ2) is 14.8. The SMILES string of the molecule is CCCCNCCCCCCNOCCO. The third-order valence-corrected chi connectivity index (χ3v) is 2.38. The van der Waals surface area contributed by atoms with Gasteiger partial charge in [0.1, 0.15) is 0 Å². The molecule has 3 N–H and O–H groups in total. The molecule has 98 valence electrons. The van der Waals surface area contributed by atoms with Crippen molar-refractivity contribution in [1.82, 2.24) is 10.8 Å². The van der Waals surface area contributed by atoms with Gasteiger partial charge in [0, 0.05) is 6.54 Å². The van der Waals surface area contributed by atoms with E-state index in [2.05, 4.69) is 17.7 Å². The molecule has 4 heteroatoms. The van der Waals surface area contributed by atoms with Gasteiger partial charge in [-0.2, -0.15) is 0 Å². The smallest absolute Gasteiger partial charge is 0.0913 e. The van der Waals surface area contributed by atoms with E-state index in [4.69, 9.17) is 9.94 Å². The van der Waals surface area contributed by atoms with Gasteiger partial charge in [-0.3, -0.25) is 4.84 Å². The van der Waals surface area contributed by atoms with Crippen LogP contribution in [0.3, 0.4) is 0 Å². The molecule has 4 nitrogen and oxygen atoms in total. The van der Waals surface area contributed by atoms with Crippen molar-refractivity contribution >= 4 is 0 Å². The molecule has 0 saturated carbocycles. The molecule has 0 spiro atoms. The normalized spacial score (nSPS) is 10.9. The Hall–Kier alpha value is -0.160. The standard InChI is InChI=1S/C12H28N2O2/c1-2-3-8-13-9-6-4-5-7-10-14-16-12-11-15/h13-15H,2-12H2,1H3. The Morgan fingerprint density at radius 2 is 1.62 bits per heavy atom. The predicted molar refractivity (Wildman–Crippen MR) is 67.3 cm³/mol. The summed E-state index contributed by atoms with van der Waals surface area (Å²) in [6.45, 7) is 5.86. The maximum absolute atomic E-state index is 8.46. The lowest BCUT2D eigenvalue weighted by Crippen LogP contribution is -2.18. The summed E-state index contributed by atoms with van der Waals surface area (Å²) in [6.07, 6.45) is 7.48. The van der Waals surface area contributed by atoms with Crippen LogP contribution in [-0.2, 0) is 4.84 Å². The van der Waals surface area contributed by atoms with Crippen LogP contribution in [0.25, 0.3) is 0 Å². The minimum Gasteiger partial charge on any atom is -0.394 e. The first-order valence-electron chi connectivity index (χ1n) is 6.58. The molecule has 0 saturated heterocycles. The number of hydrogen-bond donors (Lipinski definition) is 3. The highest BCUT2D eigenvalue weighted by Crippen LogP contribution is 1.97. The van der Waals surface area contributed by atoms with Gasteiger partial charge in [-0.05, 0) is 32.4 Å². The largest absolute Gasteiger partial charge is 0.394 e. The Morgan fingerprint density at radius 1 is 0.938 bits per heavy atom. The summed E-state index contributed by atoms with van der Waals surface area (Å²) in [7, 11) is 0. The van der Waals surface area contributed by atoms with Crippen LogP contribution in [0, 0.1) is 0 Å². The van der Waals surface area contributed by atoms with Crippen molar-refractivity contribution in [2.75, 3.05) is 32.8 Å². The van der Waals surface area contributed by atoms with Gasteiger partial charge in [0.15, 0.2) is 0 Å². The Morgan fingerprint density at radius 3 is 2.31 bits per heavy atom. The number of unbranched alkanes of at least 4 members (excludes halogenated alkanes) is 4. The van der Waals surface area contributed by atoms with Crippen molar-refractivity contribution in [2.45, 2.75) is 45.4 Å². The monoisotopic (exact) mass is 232 g/mol. The average Bonchev–Trinajstić information content (AvgIpc) is 2.31. The number of aliphatic hydroxyl groups excluding tert-OH is 1. The van der Waals surface area contributed by atoms with Crippen molar-refractivity contribution in [3.8, 4) is 0 Å². The Balaban J connectivity index is 2.83. The zero-order valence-corrected chi connectivity index (χ0v) is 10.6. The summed E-state index contributed by atoms with van der Waals surface area (Å²) < 4.78 is 0. The zero-order valence-electron chi connectivity index (χ0n) is 10.6. The molecule has 0 aromatic rings. The summed E-state index contributed by atoms with van der Waals surface area (Å²) in [5.41, 5.74) is 2.83. The van der Waals surface area contributed by atoms with Gasteiger partial charge in [0.05, 0.1) is 13.2 Å². The number of aliphatic hydroxyl groups is 1. The molecule has 0 amide bonds. The highest BCUT2D eigenvalue weighted by molar-refractivity contribution is 4.49. The third kappa shape index (κ3) is 13.8. The van der Waals surface area contributed by atoms with Crippen LogP contribution in [0.15, 0.2) is 0 Å². The van der Waals surface area contributed by atoms with Crippen LogP contribution < -0.4 is 10.8 Å². The van der Waals surface area contributed by atoms with Gasteiger partial charge in [-0.25, -0.2) is 5.48 Å². The molecular formula is C12H28N2O2. The van der Waals surface area contributed by atoms with E-state index in [0.717, 1.165) is 26.1 Å². The summed E-state index contributed by atoms with van der Waals surface area (Å²) >= 11 is 0. The van der Waals surface area contributed by atoms with E-state index in [0.29, 0.717) is 6.61 Å². The van der Waals surface area contributed by atoms with E-state index in [-0.39, 0.29) is 6.61 Å². The van der Waals surface area contributed by atoms with Crippen LogP contribution in [0.5, 0.6) is 0 Å². The van der Waals surface area contributed by atoms with E-state index >= 15 is 0 Å². The van der Waals surface area contributed by atoms with E-state index in [1.807, 2.05) is 0 Å². The van der Waals surface area contributed by atoms with Gasteiger partial charge in [0.25, 0.3) is 0 Å². The minimum absolute atomic E-state index is 0.0798. The third-order valence-electron chi connectivity index (χ3n) is 2.38. The Labute approximate surface area is 99.7 Å². The molecule has 0 aromatic heterocycles. The van der Waals surface area contributed by atoms with Crippen molar-refractivity contribution in [3.63, 3.8) is 0 Å². The topological polar surface area (TPSA) is 53.5 Å². The maximum atomic E-state index is 8.46. The fourth-order valence-corrected chi connectivity index (χ4v) is 1.42. The Kier molecular flexibility index (Phi) is 14.7. The predicted octanol–water partition coefficient (Wildman–Crippen LogP) is 1.45. The van der Waals surface area contributed by atoms with Crippen LogP contribution in [0.2, 0.25) is 0 Å². The molecule has 0 radical (unpaired) electrons. The van der Waals surface area contributed by atoms with Crippen LogP contribution in [-0.4, -0.2) is 38.0 Å². The molecule has 0 bridgehead atoms. The van der Waals surface area contributed by atoms with Crippen LogP contribution >= 0.6 is 0 Å². The zero-order chi connectivity index (χ0) is 11.9. The van der Waals surface area contributed by atoms with Gasteiger partial charge < -0.3 is 10.4 Å². The molecule has 16 heavy (non-hydrogen) atoms. The van der Waals surface area contributed by atoms with Crippen LogP contribution in [0.4, 0.5) is 0 Å². The van der Waals surface area contributed by atoms with Gasteiger partial charge >= 0.3 is 0 Å². The minimum atomic E-state index is 0.0798. The molecule has 0 atom stereocenters. The maximum Gasteiger partial charge on any atom is 0.0913 e. The number of hydrogen-bond acceptors (Lipinski definition) is 4.